The molecule has 0 bridgehead atoms. The summed E-state index contributed by atoms with van der Waals surface area (Å²) in [6, 6.07) is 0.0394. The van der Waals surface area contributed by atoms with Crippen molar-refractivity contribution in [3.8, 4) is 0 Å². The normalized spacial score (nSPS) is 21.9. The molecule has 2 aromatic rings. The smallest absolute Gasteiger partial charge is 0.318 e. The fourth-order valence-electron chi connectivity index (χ4n) is 3.41. The third-order valence-corrected chi connectivity index (χ3v) is 5.88. The number of hydrogen-bond acceptors (Lipinski definition) is 5. The number of nitrogens with one attached hydrogen (secondary N) is 1. The Labute approximate surface area is 145 Å². The van der Waals surface area contributed by atoms with Gasteiger partial charge in [-0.3, -0.25) is 0 Å². The van der Waals surface area contributed by atoms with Gasteiger partial charge in [0.05, 0.1) is 12.1 Å². The lowest BCUT2D eigenvalue weighted by atomic mass is 10.2. The van der Waals surface area contributed by atoms with Gasteiger partial charge in [-0.05, 0) is 38.5 Å². The van der Waals surface area contributed by atoms with Gasteiger partial charge in [-0.25, -0.2) is 9.78 Å². The van der Waals surface area contributed by atoms with Crippen molar-refractivity contribution < 1.29 is 4.79 Å². The van der Waals surface area contributed by atoms with Crippen LogP contribution >= 0.6 is 11.3 Å². The van der Waals surface area contributed by atoms with Gasteiger partial charge < -0.3 is 14.8 Å². The standard InChI is InChI=1S/C16H22N6OS/c1-10-8-24-15(18-10)13(11-5-6-11)19-16(23)22-7-3-4-12(22)14-20-17-9-21(14)2/h8-9,11-13H,3-7H2,1-2H3,(H,19,23)/t12-,13-/m1/s1. The van der Waals surface area contributed by atoms with Gasteiger partial charge in [-0.1, -0.05) is 0 Å². The van der Waals surface area contributed by atoms with Crippen molar-refractivity contribution in [3.63, 3.8) is 0 Å². The highest BCUT2D eigenvalue weighted by Crippen LogP contribution is 2.42. The molecule has 3 heterocycles. The van der Waals surface area contributed by atoms with Crippen molar-refractivity contribution in [3.05, 3.63) is 28.2 Å². The van der Waals surface area contributed by atoms with Gasteiger partial charge in [-0.2, -0.15) is 0 Å². The molecule has 24 heavy (non-hydrogen) atoms. The zero-order valence-electron chi connectivity index (χ0n) is 14.0. The number of carbonyl (C=O) groups is 1. The summed E-state index contributed by atoms with van der Waals surface area (Å²) >= 11 is 1.64. The highest BCUT2D eigenvalue weighted by Gasteiger charge is 2.39. The van der Waals surface area contributed by atoms with E-state index >= 15 is 0 Å². The monoisotopic (exact) mass is 346 g/mol. The number of hydrogen-bond donors (Lipinski definition) is 1. The van der Waals surface area contributed by atoms with E-state index in [9.17, 15) is 4.79 Å². The second-order valence-corrected chi connectivity index (χ2v) is 7.63. The first-order valence-corrected chi connectivity index (χ1v) is 9.34. The van der Waals surface area contributed by atoms with Crippen molar-refractivity contribution in [1.29, 1.82) is 0 Å². The van der Waals surface area contributed by atoms with Gasteiger partial charge in [0.2, 0.25) is 0 Å². The van der Waals surface area contributed by atoms with Gasteiger partial charge in [0, 0.05) is 24.7 Å². The van der Waals surface area contributed by atoms with E-state index in [1.54, 1.807) is 17.7 Å². The molecule has 1 N–H and O–H groups in total. The Balaban J connectivity index is 1.51. The van der Waals surface area contributed by atoms with Crippen LogP contribution in [0.15, 0.2) is 11.7 Å². The zero-order chi connectivity index (χ0) is 16.7. The number of urea groups is 1. The molecule has 0 aromatic carbocycles. The summed E-state index contributed by atoms with van der Waals surface area (Å²) in [5.41, 5.74) is 1.02. The van der Waals surface area contributed by atoms with E-state index in [4.69, 9.17) is 0 Å². The number of rotatable bonds is 4. The highest BCUT2D eigenvalue weighted by molar-refractivity contribution is 7.09. The predicted molar refractivity (Wildman–Crippen MR) is 90.5 cm³/mol. The van der Waals surface area contributed by atoms with Crippen LogP contribution in [0.1, 0.15) is 54.3 Å². The molecule has 1 saturated heterocycles. The number of thiazole rings is 1. The van der Waals surface area contributed by atoms with Crippen molar-refractivity contribution in [2.24, 2.45) is 13.0 Å². The number of likely N-dealkylation sites (tertiary alicyclic amines) is 1. The maximum atomic E-state index is 12.9. The van der Waals surface area contributed by atoms with Gasteiger partial charge >= 0.3 is 6.03 Å². The summed E-state index contributed by atoms with van der Waals surface area (Å²) in [5, 5.41) is 14.5. The number of aromatic nitrogens is 4. The van der Waals surface area contributed by atoms with Crippen LogP contribution in [-0.4, -0.2) is 37.2 Å². The third kappa shape index (κ3) is 2.90. The molecule has 0 radical (unpaired) electrons. The van der Waals surface area contributed by atoms with Crippen molar-refractivity contribution in [2.75, 3.05) is 6.54 Å². The molecule has 1 saturated carbocycles. The average molecular weight is 346 g/mol. The van der Waals surface area contributed by atoms with Gasteiger partial charge in [0.1, 0.15) is 11.3 Å². The fraction of sp³-hybridized carbons (Fsp3) is 0.625. The molecule has 7 nitrogen and oxygen atoms in total. The summed E-state index contributed by atoms with van der Waals surface area (Å²) in [5.74, 6) is 1.38. The Morgan fingerprint density at radius 1 is 1.42 bits per heavy atom. The maximum Gasteiger partial charge on any atom is 0.318 e. The second-order valence-electron chi connectivity index (χ2n) is 6.74. The van der Waals surface area contributed by atoms with Crippen LogP contribution in [0.3, 0.4) is 0 Å². The van der Waals surface area contributed by atoms with Crippen LogP contribution in [-0.2, 0) is 7.05 Å². The largest absolute Gasteiger partial charge is 0.328 e. The fourth-order valence-corrected chi connectivity index (χ4v) is 4.35. The number of carbonyl (C=O) groups excluding carboxylic acids is 1. The Bertz CT molecular complexity index is 737. The lowest BCUT2D eigenvalue weighted by Crippen LogP contribution is -2.42. The van der Waals surface area contributed by atoms with Crippen molar-refractivity contribution in [2.45, 2.75) is 44.7 Å². The molecule has 128 valence electrons. The van der Waals surface area contributed by atoms with Gasteiger partial charge in [-0.15, -0.1) is 21.5 Å². The molecule has 2 aliphatic rings. The Kier molecular flexibility index (Phi) is 3.99. The van der Waals surface area contributed by atoms with Gasteiger partial charge in [0.15, 0.2) is 5.82 Å². The first-order valence-electron chi connectivity index (χ1n) is 8.46. The van der Waals surface area contributed by atoms with Crippen molar-refractivity contribution >= 4 is 17.4 Å². The lowest BCUT2D eigenvalue weighted by molar-refractivity contribution is 0.184. The first kappa shape index (κ1) is 15.6. The maximum absolute atomic E-state index is 12.9. The van der Waals surface area contributed by atoms with E-state index in [2.05, 4.69) is 25.9 Å². The van der Waals surface area contributed by atoms with E-state index in [1.165, 1.54) is 0 Å². The molecule has 2 fully saturated rings. The number of aryl methyl sites for hydroxylation is 2. The Morgan fingerprint density at radius 3 is 2.88 bits per heavy atom. The molecule has 2 amide bonds. The molecule has 1 aliphatic heterocycles. The minimum Gasteiger partial charge on any atom is -0.328 e. The summed E-state index contributed by atoms with van der Waals surface area (Å²) < 4.78 is 1.90. The summed E-state index contributed by atoms with van der Waals surface area (Å²) in [4.78, 5) is 19.4. The molecule has 0 unspecified atom stereocenters. The van der Waals surface area contributed by atoms with E-state index < -0.39 is 0 Å². The van der Waals surface area contributed by atoms with Crippen LogP contribution in [0, 0.1) is 12.8 Å². The molecule has 1 aliphatic carbocycles. The Morgan fingerprint density at radius 2 is 2.25 bits per heavy atom. The van der Waals surface area contributed by atoms with Crippen LogP contribution in [0.4, 0.5) is 4.79 Å². The van der Waals surface area contributed by atoms with Crippen LogP contribution in [0.2, 0.25) is 0 Å². The summed E-state index contributed by atoms with van der Waals surface area (Å²) in [7, 11) is 1.93. The molecule has 8 heteroatoms. The van der Waals surface area contributed by atoms with Crippen LogP contribution in [0.25, 0.3) is 0 Å². The van der Waals surface area contributed by atoms with E-state index in [1.807, 2.05) is 23.4 Å². The Hall–Kier alpha value is -1.96. The molecular formula is C16H22N6OS. The zero-order valence-corrected chi connectivity index (χ0v) is 14.8. The SMILES string of the molecule is Cc1csc([C@H](NC(=O)N2CCC[C@@H]2c2nncn2C)C2CC2)n1. The average Bonchev–Trinajstić information content (AvgIpc) is 2.95. The van der Waals surface area contributed by atoms with Crippen molar-refractivity contribution in [1.82, 2.24) is 30.0 Å². The second kappa shape index (κ2) is 6.16. The predicted octanol–water partition coefficient (Wildman–Crippen LogP) is 2.58. The highest BCUT2D eigenvalue weighted by atomic mass is 32.1. The van der Waals surface area contributed by atoms with E-state index in [0.717, 1.165) is 48.8 Å². The quantitative estimate of drug-likeness (QED) is 0.923. The van der Waals surface area contributed by atoms with E-state index in [-0.39, 0.29) is 18.1 Å². The minimum atomic E-state index is -0.00902. The topological polar surface area (TPSA) is 75.9 Å². The van der Waals surface area contributed by atoms with Crippen LogP contribution < -0.4 is 5.32 Å². The van der Waals surface area contributed by atoms with E-state index in [0.29, 0.717) is 5.92 Å². The number of nitrogens with zero attached hydrogens (tertiary/aromatic N) is 5. The van der Waals surface area contributed by atoms with Crippen LogP contribution in [0.5, 0.6) is 0 Å². The molecule has 0 spiro atoms. The minimum absolute atomic E-state index is 0.00902. The molecule has 4 rings (SSSR count). The molecule has 2 atom stereocenters. The molecule has 2 aromatic heterocycles. The third-order valence-electron chi connectivity index (χ3n) is 4.83. The summed E-state index contributed by atoms with van der Waals surface area (Å²) in [6.07, 6.45) is 5.95. The lowest BCUT2D eigenvalue weighted by Gasteiger charge is -2.26. The molecular weight excluding hydrogens is 324 g/mol. The van der Waals surface area contributed by atoms with Gasteiger partial charge in [0.25, 0.3) is 0 Å². The summed E-state index contributed by atoms with van der Waals surface area (Å²) in [6.45, 7) is 2.76. The first-order chi connectivity index (χ1) is 11.6. The number of amides is 2.